The Morgan fingerprint density at radius 1 is 1.30 bits per heavy atom. The van der Waals surface area contributed by atoms with E-state index >= 15 is 0 Å². The Morgan fingerprint density at radius 2 is 2.05 bits per heavy atom. The van der Waals surface area contributed by atoms with Crippen molar-refractivity contribution < 1.29 is 0 Å². The van der Waals surface area contributed by atoms with Crippen LogP contribution in [0.1, 0.15) is 11.4 Å². The molecule has 0 aliphatic carbocycles. The Balaban J connectivity index is 1.90. The quantitative estimate of drug-likeness (QED) is 0.846. The summed E-state index contributed by atoms with van der Waals surface area (Å²) in [5.41, 5.74) is 2.82. The lowest BCUT2D eigenvalue weighted by molar-refractivity contribution is 0.712. The summed E-state index contributed by atoms with van der Waals surface area (Å²) in [5, 5.41) is 12.0. The van der Waals surface area contributed by atoms with Gasteiger partial charge in [-0.3, -0.25) is 4.68 Å². The average Bonchev–Trinajstić information content (AvgIpc) is 2.71. The zero-order valence-electron chi connectivity index (χ0n) is 11.1. The number of thiocarbonyl (C=S) groups is 1. The normalized spacial score (nSPS) is 10.4. The van der Waals surface area contributed by atoms with E-state index in [1.54, 1.807) is 12.1 Å². The number of halogens is 2. The lowest BCUT2D eigenvalue weighted by atomic mass is 10.3. The molecular weight excluding hydrogens is 315 g/mol. The summed E-state index contributed by atoms with van der Waals surface area (Å²) < 4.78 is 1.83. The predicted molar refractivity (Wildman–Crippen MR) is 87.5 cm³/mol. The summed E-state index contributed by atoms with van der Waals surface area (Å²) >= 11 is 17.0. The van der Waals surface area contributed by atoms with Gasteiger partial charge in [-0.05, 0) is 43.4 Å². The maximum absolute atomic E-state index is 5.94. The highest BCUT2D eigenvalue weighted by atomic mass is 35.5. The lowest BCUT2D eigenvalue weighted by Gasteiger charge is -2.10. The number of hydrogen-bond acceptors (Lipinski definition) is 2. The third kappa shape index (κ3) is 3.85. The standard InChI is InChI=1S/C13H14Cl2N4S/c1-8-5-10(18-19(8)2)7-16-13(20)17-9-3-4-11(14)12(15)6-9/h3-6H,7H2,1-2H3,(H2,16,17,20). The molecule has 0 bridgehead atoms. The van der Waals surface area contributed by atoms with Gasteiger partial charge in [-0.25, -0.2) is 0 Å². The van der Waals surface area contributed by atoms with Crippen LogP contribution in [0.2, 0.25) is 10.0 Å². The first-order chi connectivity index (χ1) is 9.45. The van der Waals surface area contributed by atoms with Gasteiger partial charge in [0.15, 0.2) is 5.11 Å². The molecule has 0 saturated carbocycles. The molecule has 2 aromatic rings. The van der Waals surface area contributed by atoms with Crippen molar-refractivity contribution in [3.8, 4) is 0 Å². The fourth-order valence-electron chi connectivity index (χ4n) is 1.64. The molecule has 0 amide bonds. The highest BCUT2D eigenvalue weighted by Crippen LogP contribution is 2.24. The first-order valence-corrected chi connectivity index (χ1v) is 7.11. The largest absolute Gasteiger partial charge is 0.357 e. The zero-order chi connectivity index (χ0) is 14.7. The third-order valence-electron chi connectivity index (χ3n) is 2.77. The molecule has 1 heterocycles. The molecule has 4 nitrogen and oxygen atoms in total. The minimum Gasteiger partial charge on any atom is -0.357 e. The Hall–Kier alpha value is -1.30. The van der Waals surface area contributed by atoms with E-state index in [1.807, 2.05) is 30.8 Å². The molecule has 1 aromatic carbocycles. The monoisotopic (exact) mass is 328 g/mol. The molecule has 1 aromatic heterocycles. The molecule has 0 fully saturated rings. The number of nitrogens with zero attached hydrogens (tertiary/aromatic N) is 2. The van der Waals surface area contributed by atoms with Crippen molar-refractivity contribution in [1.82, 2.24) is 15.1 Å². The Morgan fingerprint density at radius 3 is 2.65 bits per heavy atom. The van der Waals surface area contributed by atoms with Crippen molar-refractivity contribution in [3.63, 3.8) is 0 Å². The molecule has 0 saturated heterocycles. The maximum atomic E-state index is 5.94. The number of aryl methyl sites for hydroxylation is 2. The average molecular weight is 329 g/mol. The van der Waals surface area contributed by atoms with Crippen LogP contribution in [0, 0.1) is 6.92 Å². The molecular formula is C13H14Cl2N4S. The van der Waals surface area contributed by atoms with Crippen molar-refractivity contribution in [2.45, 2.75) is 13.5 Å². The summed E-state index contributed by atoms with van der Waals surface area (Å²) in [7, 11) is 1.91. The van der Waals surface area contributed by atoms with Crippen molar-refractivity contribution in [2.24, 2.45) is 7.05 Å². The fourth-order valence-corrected chi connectivity index (χ4v) is 2.13. The van der Waals surface area contributed by atoms with Crippen molar-refractivity contribution >= 4 is 46.2 Å². The van der Waals surface area contributed by atoms with Crippen LogP contribution in [0.3, 0.4) is 0 Å². The van der Waals surface area contributed by atoms with Crippen LogP contribution in [0.15, 0.2) is 24.3 Å². The van der Waals surface area contributed by atoms with E-state index in [0.29, 0.717) is 21.7 Å². The third-order valence-corrected chi connectivity index (χ3v) is 3.76. The minimum absolute atomic E-state index is 0.486. The summed E-state index contributed by atoms with van der Waals surface area (Å²) in [5.74, 6) is 0. The van der Waals surface area contributed by atoms with Crippen molar-refractivity contribution in [2.75, 3.05) is 5.32 Å². The van der Waals surface area contributed by atoms with Gasteiger partial charge >= 0.3 is 0 Å². The molecule has 106 valence electrons. The second-order valence-corrected chi connectivity index (χ2v) is 5.56. The summed E-state index contributed by atoms with van der Waals surface area (Å²) in [4.78, 5) is 0. The molecule has 0 radical (unpaired) electrons. The van der Waals surface area contributed by atoms with Gasteiger partial charge < -0.3 is 10.6 Å². The molecule has 2 rings (SSSR count). The predicted octanol–water partition coefficient (Wildman–Crippen LogP) is 3.52. The van der Waals surface area contributed by atoms with E-state index in [9.17, 15) is 0 Å². The van der Waals surface area contributed by atoms with Crippen LogP contribution in [-0.4, -0.2) is 14.9 Å². The highest BCUT2D eigenvalue weighted by molar-refractivity contribution is 7.80. The van der Waals surface area contributed by atoms with Crippen molar-refractivity contribution in [3.05, 3.63) is 45.7 Å². The van der Waals surface area contributed by atoms with E-state index in [-0.39, 0.29) is 0 Å². The van der Waals surface area contributed by atoms with Crippen LogP contribution in [0.25, 0.3) is 0 Å². The first kappa shape index (κ1) is 15.1. The SMILES string of the molecule is Cc1cc(CNC(=S)Nc2ccc(Cl)c(Cl)c2)nn1C. The Kier molecular flexibility index (Phi) is 4.86. The van der Waals surface area contributed by atoms with Crippen LogP contribution in [-0.2, 0) is 13.6 Å². The van der Waals surface area contributed by atoms with E-state index in [4.69, 9.17) is 35.4 Å². The summed E-state index contributed by atoms with van der Waals surface area (Å²) in [6.45, 7) is 2.57. The smallest absolute Gasteiger partial charge is 0.171 e. The minimum atomic E-state index is 0.486. The van der Waals surface area contributed by atoms with Gasteiger partial charge in [-0.2, -0.15) is 5.10 Å². The fraction of sp³-hybridized carbons (Fsp3) is 0.231. The van der Waals surface area contributed by atoms with E-state index in [1.165, 1.54) is 0 Å². The lowest BCUT2D eigenvalue weighted by Crippen LogP contribution is -2.28. The molecule has 0 spiro atoms. The van der Waals surface area contributed by atoms with Gasteiger partial charge in [0, 0.05) is 18.4 Å². The zero-order valence-corrected chi connectivity index (χ0v) is 13.4. The molecule has 2 N–H and O–H groups in total. The molecule has 20 heavy (non-hydrogen) atoms. The van der Waals surface area contributed by atoms with Crippen LogP contribution >= 0.6 is 35.4 Å². The summed E-state index contributed by atoms with van der Waals surface area (Å²) in [6, 6.07) is 7.27. The van der Waals surface area contributed by atoms with Gasteiger partial charge in [0.25, 0.3) is 0 Å². The van der Waals surface area contributed by atoms with E-state index < -0.39 is 0 Å². The van der Waals surface area contributed by atoms with Gasteiger partial charge in [0.1, 0.15) is 0 Å². The van der Waals surface area contributed by atoms with Gasteiger partial charge in [-0.1, -0.05) is 23.2 Å². The molecule has 7 heteroatoms. The first-order valence-electron chi connectivity index (χ1n) is 5.95. The topological polar surface area (TPSA) is 41.9 Å². The molecule has 0 unspecified atom stereocenters. The number of nitrogens with one attached hydrogen (secondary N) is 2. The van der Waals surface area contributed by atoms with Crippen LogP contribution < -0.4 is 10.6 Å². The van der Waals surface area contributed by atoms with Crippen LogP contribution in [0.4, 0.5) is 5.69 Å². The Labute approximate surface area is 133 Å². The molecule has 0 atom stereocenters. The van der Waals surface area contributed by atoms with Gasteiger partial charge in [0.2, 0.25) is 0 Å². The number of anilines is 1. The van der Waals surface area contributed by atoms with Gasteiger partial charge in [-0.15, -0.1) is 0 Å². The summed E-state index contributed by atoms with van der Waals surface area (Å²) in [6.07, 6.45) is 0. The number of aromatic nitrogens is 2. The second kappa shape index (κ2) is 6.43. The van der Waals surface area contributed by atoms with Crippen molar-refractivity contribution in [1.29, 1.82) is 0 Å². The molecule has 0 aliphatic rings. The maximum Gasteiger partial charge on any atom is 0.171 e. The second-order valence-electron chi connectivity index (χ2n) is 4.34. The molecule has 0 aliphatic heterocycles. The number of benzene rings is 1. The van der Waals surface area contributed by atoms with E-state index in [2.05, 4.69) is 15.7 Å². The van der Waals surface area contributed by atoms with Crippen LogP contribution in [0.5, 0.6) is 0 Å². The Bertz CT molecular complexity index is 620. The number of hydrogen-bond donors (Lipinski definition) is 2. The van der Waals surface area contributed by atoms with E-state index in [0.717, 1.165) is 17.1 Å². The highest BCUT2D eigenvalue weighted by Gasteiger charge is 2.04. The number of rotatable bonds is 3. The van der Waals surface area contributed by atoms with Gasteiger partial charge in [0.05, 0.1) is 22.3 Å².